The Balaban J connectivity index is 3.05. The molecule has 0 aromatic rings. The third-order valence-electron chi connectivity index (χ3n) is 2.53. The Morgan fingerprint density at radius 3 is 2.05 bits per heavy atom. The number of nitrogens with zero attached hydrogens (tertiary/aromatic N) is 1. The van der Waals surface area contributed by atoms with Crippen molar-refractivity contribution in [3.05, 3.63) is 10.2 Å². The van der Waals surface area contributed by atoms with Crippen LogP contribution in [0.2, 0.25) is 0 Å². The van der Waals surface area contributed by atoms with Crippen LogP contribution in [0.25, 0.3) is 5.01 Å². The normalized spacial score (nSPS) is 27.8. The number of rotatable bonds is 3. The molecule has 0 unspecified atom stereocenters. The zero-order valence-corrected chi connectivity index (χ0v) is 11.7. The van der Waals surface area contributed by atoms with Gasteiger partial charge in [-0.1, -0.05) is 0 Å². The van der Waals surface area contributed by atoms with Crippen LogP contribution in [-0.2, 0) is 33.3 Å². The highest BCUT2D eigenvalue weighted by Gasteiger charge is 2.48. The van der Waals surface area contributed by atoms with Crippen molar-refractivity contribution < 1.29 is 33.3 Å². The fourth-order valence-corrected chi connectivity index (χ4v) is 1.90. The molecule has 9 heteroatoms. The summed E-state index contributed by atoms with van der Waals surface area (Å²) in [4.78, 5) is 33.4. The van der Waals surface area contributed by atoms with Gasteiger partial charge < -0.3 is 24.2 Å². The summed E-state index contributed by atoms with van der Waals surface area (Å²) in [6.45, 7) is 3.28. The highest BCUT2D eigenvalue weighted by Crippen LogP contribution is 2.24. The molecule has 0 amide bonds. The molecule has 0 radical (unpaired) electrons. The number of hydrogen-bond acceptors (Lipinski definition) is 8. The highest BCUT2D eigenvalue weighted by molar-refractivity contribution is 5.68. The van der Waals surface area contributed by atoms with Crippen LogP contribution >= 0.6 is 0 Å². The summed E-state index contributed by atoms with van der Waals surface area (Å²) in [5.41, 5.74) is 0. The molecule has 1 rings (SSSR count). The van der Waals surface area contributed by atoms with Gasteiger partial charge in [-0.2, -0.15) is 0 Å². The minimum Gasteiger partial charge on any atom is -0.498 e. The van der Waals surface area contributed by atoms with Crippen LogP contribution in [-0.4, -0.2) is 48.9 Å². The third-order valence-corrected chi connectivity index (χ3v) is 2.53. The van der Waals surface area contributed by atoms with Crippen molar-refractivity contribution >= 4 is 17.9 Å². The zero-order valence-electron chi connectivity index (χ0n) is 11.7. The predicted octanol–water partition coefficient (Wildman–Crippen LogP) is 0.0110. The second-order valence-electron chi connectivity index (χ2n) is 4.27. The molecule has 4 atom stereocenters. The molecule has 1 aliphatic rings. The standard InChI is InChI=1S/C12H15NO8/c1-6(14)19-10-5-18-9(4-13-17)11(20-7(2)15)12(10)21-8(3)16/h9-12H,5H2,1-3H3/t9-,10+,11-,12-/m0/s1. The van der Waals surface area contributed by atoms with E-state index in [0.29, 0.717) is 0 Å². The highest BCUT2D eigenvalue weighted by atomic mass is 16.6. The molecule has 0 aromatic carbocycles. The minimum atomic E-state index is -1.19. The van der Waals surface area contributed by atoms with Gasteiger partial charge in [0.15, 0.2) is 18.3 Å². The third kappa shape index (κ3) is 4.92. The van der Waals surface area contributed by atoms with E-state index in [1.54, 1.807) is 0 Å². The molecular weight excluding hydrogens is 286 g/mol. The van der Waals surface area contributed by atoms with E-state index in [9.17, 15) is 19.6 Å². The molecule has 0 saturated carbocycles. The molecule has 0 N–H and O–H groups in total. The van der Waals surface area contributed by atoms with Crippen LogP contribution < -0.4 is 0 Å². The lowest BCUT2D eigenvalue weighted by Crippen LogP contribution is -2.57. The molecule has 1 aliphatic heterocycles. The van der Waals surface area contributed by atoms with Gasteiger partial charge in [0, 0.05) is 25.8 Å². The first-order valence-corrected chi connectivity index (χ1v) is 6.06. The summed E-state index contributed by atoms with van der Waals surface area (Å²) in [5.74, 6) is -1.99. The Morgan fingerprint density at radius 2 is 1.57 bits per heavy atom. The van der Waals surface area contributed by atoms with E-state index in [-0.39, 0.29) is 6.61 Å². The van der Waals surface area contributed by atoms with Crippen molar-refractivity contribution in [2.24, 2.45) is 0 Å². The van der Waals surface area contributed by atoms with E-state index >= 15 is 0 Å². The van der Waals surface area contributed by atoms with Crippen molar-refractivity contribution in [1.29, 1.82) is 0 Å². The molecule has 0 bridgehead atoms. The average molecular weight is 301 g/mol. The van der Waals surface area contributed by atoms with Gasteiger partial charge in [0.25, 0.3) is 0 Å². The molecule has 1 heterocycles. The Morgan fingerprint density at radius 1 is 1.05 bits per heavy atom. The molecule has 1 saturated heterocycles. The van der Waals surface area contributed by atoms with Crippen LogP contribution in [0.4, 0.5) is 0 Å². The summed E-state index contributed by atoms with van der Waals surface area (Å²) in [6, 6.07) is 2.06. The minimum absolute atomic E-state index is 0.164. The number of carbonyl (C=O) groups is 3. The van der Waals surface area contributed by atoms with Crippen LogP contribution in [0.5, 0.6) is 0 Å². The second kappa shape index (κ2) is 7.44. The molecule has 116 valence electrons. The van der Waals surface area contributed by atoms with Crippen LogP contribution in [0, 0.1) is 11.3 Å². The summed E-state index contributed by atoms with van der Waals surface area (Å²) >= 11 is 0. The summed E-state index contributed by atoms with van der Waals surface area (Å²) in [7, 11) is 0. The maximum absolute atomic E-state index is 11.2. The van der Waals surface area contributed by atoms with Crippen LogP contribution in [0.3, 0.4) is 0 Å². The van der Waals surface area contributed by atoms with Gasteiger partial charge in [-0.25, -0.2) is 0 Å². The average Bonchev–Trinajstić information content (AvgIpc) is 2.35. The van der Waals surface area contributed by atoms with E-state index in [2.05, 4.69) is 11.1 Å². The van der Waals surface area contributed by atoms with Gasteiger partial charge in [0.05, 0.1) is 6.61 Å². The quantitative estimate of drug-likeness (QED) is 0.406. The molecule has 21 heavy (non-hydrogen) atoms. The van der Waals surface area contributed by atoms with Crippen molar-refractivity contribution in [2.45, 2.75) is 45.2 Å². The first kappa shape index (κ1) is 16.7. The van der Waals surface area contributed by atoms with Gasteiger partial charge in [0.2, 0.25) is 6.10 Å². The van der Waals surface area contributed by atoms with E-state index in [4.69, 9.17) is 18.9 Å². The number of hydrogen-bond donors (Lipinski definition) is 0. The van der Waals surface area contributed by atoms with Crippen LogP contribution in [0.1, 0.15) is 20.8 Å². The second-order valence-corrected chi connectivity index (χ2v) is 4.27. The fraction of sp³-hybridized carbons (Fsp3) is 0.667. The number of esters is 3. The van der Waals surface area contributed by atoms with Crippen molar-refractivity contribution in [2.75, 3.05) is 6.61 Å². The lowest BCUT2D eigenvalue weighted by atomic mass is 10.00. The van der Waals surface area contributed by atoms with Gasteiger partial charge in [0.1, 0.15) is 0 Å². The molecule has 0 aromatic heterocycles. The molecule has 1 fully saturated rings. The summed E-state index contributed by atoms with van der Waals surface area (Å²) < 4.78 is 20.2. The maximum Gasteiger partial charge on any atom is 0.334 e. The topological polar surface area (TPSA) is 116 Å². The molecule has 0 spiro atoms. The van der Waals surface area contributed by atoms with E-state index in [0.717, 1.165) is 13.8 Å². The lowest BCUT2D eigenvalue weighted by molar-refractivity contribution is -0.217. The largest absolute Gasteiger partial charge is 0.498 e. The monoisotopic (exact) mass is 301 g/mol. The fourth-order valence-electron chi connectivity index (χ4n) is 1.90. The Bertz CT molecular complexity index is 479. The van der Waals surface area contributed by atoms with Gasteiger partial charge in [-0.05, 0) is 0 Å². The van der Waals surface area contributed by atoms with Crippen LogP contribution in [0.15, 0.2) is 0 Å². The van der Waals surface area contributed by atoms with E-state index in [1.807, 2.05) is 0 Å². The van der Waals surface area contributed by atoms with Crippen molar-refractivity contribution in [3.8, 4) is 6.07 Å². The maximum atomic E-state index is 11.2. The first-order valence-electron chi connectivity index (χ1n) is 6.06. The Labute approximate surface area is 120 Å². The van der Waals surface area contributed by atoms with Crippen molar-refractivity contribution in [1.82, 2.24) is 0 Å². The smallest absolute Gasteiger partial charge is 0.334 e. The first-order chi connectivity index (χ1) is 9.85. The SMILES string of the molecule is CC(=O)O[C@@H]1[C@@H](OC(C)=O)[C@H](OC(C)=O)CO[C@H]1C#[N+][O-]. The number of ether oxygens (including phenoxy) is 4. The van der Waals surface area contributed by atoms with Gasteiger partial charge in [-0.15, -0.1) is 0 Å². The van der Waals surface area contributed by atoms with E-state index < -0.39 is 42.3 Å². The zero-order chi connectivity index (χ0) is 16.0. The summed E-state index contributed by atoms with van der Waals surface area (Å²) in [6.07, 6.45) is -4.41. The molecular formula is C12H15NO8. The molecule has 0 aliphatic carbocycles. The molecule has 9 nitrogen and oxygen atoms in total. The number of carbonyl (C=O) groups excluding carboxylic acids is 3. The Kier molecular flexibility index (Phi) is 5.92. The summed E-state index contributed by atoms with van der Waals surface area (Å²) in [5, 5.41) is 12.8. The van der Waals surface area contributed by atoms with E-state index in [1.165, 1.54) is 6.92 Å². The predicted molar refractivity (Wildman–Crippen MR) is 67.0 cm³/mol. The van der Waals surface area contributed by atoms with Gasteiger partial charge in [-0.3, -0.25) is 14.4 Å². The van der Waals surface area contributed by atoms with Crippen molar-refractivity contribution in [3.63, 3.8) is 0 Å². The van der Waals surface area contributed by atoms with Gasteiger partial charge >= 0.3 is 24.0 Å². The lowest BCUT2D eigenvalue weighted by Gasteiger charge is -2.37. The Hall–Kier alpha value is -2.34.